The van der Waals surface area contributed by atoms with Crippen LogP contribution in [0.3, 0.4) is 0 Å². The minimum absolute atomic E-state index is 0.0994. The number of aromatic amines is 2. The van der Waals surface area contributed by atoms with Gasteiger partial charge < -0.3 is 36.4 Å². The van der Waals surface area contributed by atoms with Crippen LogP contribution in [-0.2, 0) is 11.3 Å². The molecule has 0 unspecified atom stereocenters. The molecular formula is C50H60N10O2. The predicted molar refractivity (Wildman–Crippen MR) is 250 cm³/mol. The SMILES string of the molecule is Cc1cnc(N[C@@H]2CCC[C@](C)(N)C2)nc1-c1c[nH]c2c(C)cccc12.Cc1cnc(N[C@@H]2CCC[C@](C)(NC(=O)OCc3ccccc3)C2)nc1-c1c[nH]c2c(C)cccc12. The quantitative estimate of drug-likeness (QED) is 0.0828. The van der Waals surface area contributed by atoms with Gasteiger partial charge in [0.05, 0.1) is 11.4 Å². The second-order valence-corrected chi connectivity index (χ2v) is 18.1. The number of nitrogens with one attached hydrogen (secondary N) is 5. The van der Waals surface area contributed by atoms with Crippen LogP contribution in [-0.4, -0.2) is 59.2 Å². The third kappa shape index (κ3) is 9.76. The van der Waals surface area contributed by atoms with Crippen molar-refractivity contribution in [2.75, 3.05) is 10.6 Å². The number of amides is 1. The molecule has 2 aliphatic carbocycles. The van der Waals surface area contributed by atoms with Crippen molar-refractivity contribution in [2.45, 2.75) is 123 Å². The van der Waals surface area contributed by atoms with Crippen molar-refractivity contribution in [3.63, 3.8) is 0 Å². The zero-order chi connectivity index (χ0) is 43.4. The number of fused-ring (bicyclic) bond motifs is 2. The Bertz CT molecular complexity index is 2670. The lowest BCUT2D eigenvalue weighted by molar-refractivity contribution is 0.120. The highest BCUT2D eigenvalue weighted by Gasteiger charge is 2.35. The first-order chi connectivity index (χ1) is 29.8. The molecule has 322 valence electrons. The molecule has 0 saturated heterocycles. The van der Waals surface area contributed by atoms with E-state index >= 15 is 0 Å². The van der Waals surface area contributed by atoms with Crippen molar-refractivity contribution >= 4 is 39.8 Å². The fraction of sp³-hybridized carbons (Fsp3) is 0.380. The van der Waals surface area contributed by atoms with Gasteiger partial charge in [0, 0.05) is 80.9 Å². The molecule has 2 aliphatic rings. The Labute approximate surface area is 364 Å². The fourth-order valence-corrected chi connectivity index (χ4v) is 9.31. The van der Waals surface area contributed by atoms with E-state index in [1.807, 2.05) is 62.0 Å². The normalized spacial score (nSPS) is 21.2. The molecule has 0 aliphatic heterocycles. The summed E-state index contributed by atoms with van der Waals surface area (Å²) in [6, 6.07) is 22.9. The Morgan fingerprint density at radius 2 is 1.24 bits per heavy atom. The molecule has 2 saturated carbocycles. The molecule has 2 fully saturated rings. The molecule has 7 aromatic rings. The monoisotopic (exact) mass is 832 g/mol. The van der Waals surface area contributed by atoms with Gasteiger partial charge in [0.25, 0.3) is 0 Å². The van der Waals surface area contributed by atoms with Crippen LogP contribution < -0.4 is 21.7 Å². The first-order valence-corrected chi connectivity index (χ1v) is 22.0. The molecule has 0 radical (unpaired) electrons. The van der Waals surface area contributed by atoms with E-state index in [0.717, 1.165) is 101 Å². The van der Waals surface area contributed by atoms with Crippen molar-refractivity contribution in [2.24, 2.45) is 5.73 Å². The summed E-state index contributed by atoms with van der Waals surface area (Å²) < 4.78 is 5.47. The van der Waals surface area contributed by atoms with Crippen molar-refractivity contribution in [1.29, 1.82) is 0 Å². The molecule has 1 amide bonds. The minimum atomic E-state index is -0.384. The van der Waals surface area contributed by atoms with E-state index in [1.165, 1.54) is 22.0 Å². The third-order valence-corrected chi connectivity index (χ3v) is 12.6. The Balaban J connectivity index is 0.000000180. The zero-order valence-corrected chi connectivity index (χ0v) is 36.9. The maximum Gasteiger partial charge on any atom is 0.407 e. The summed E-state index contributed by atoms with van der Waals surface area (Å²) in [5, 5.41) is 12.5. The summed E-state index contributed by atoms with van der Waals surface area (Å²) in [6.45, 7) is 12.8. The lowest BCUT2D eigenvalue weighted by atomic mass is 9.80. The van der Waals surface area contributed by atoms with Gasteiger partial charge in [-0.25, -0.2) is 24.7 Å². The van der Waals surface area contributed by atoms with Gasteiger partial charge in [0.15, 0.2) is 0 Å². The van der Waals surface area contributed by atoms with Crippen LogP contribution in [0.15, 0.2) is 91.5 Å². The fourth-order valence-electron chi connectivity index (χ4n) is 9.31. The number of rotatable bonds is 9. The molecule has 4 aromatic heterocycles. The van der Waals surface area contributed by atoms with Crippen LogP contribution in [0.1, 0.15) is 93.0 Å². The Kier molecular flexibility index (Phi) is 12.3. The highest BCUT2D eigenvalue weighted by molar-refractivity contribution is 5.97. The highest BCUT2D eigenvalue weighted by Crippen LogP contribution is 2.35. The molecule has 4 heterocycles. The number of aryl methyl sites for hydroxylation is 4. The number of aromatic nitrogens is 6. The summed E-state index contributed by atoms with van der Waals surface area (Å²) in [5.41, 5.74) is 17.8. The van der Waals surface area contributed by atoms with Crippen molar-refractivity contribution < 1.29 is 9.53 Å². The number of ether oxygens (including phenoxy) is 1. The minimum Gasteiger partial charge on any atom is -0.445 e. The van der Waals surface area contributed by atoms with Gasteiger partial charge in [-0.1, -0.05) is 66.7 Å². The Morgan fingerprint density at radius 1 is 0.710 bits per heavy atom. The number of H-pyrrole nitrogens is 2. The van der Waals surface area contributed by atoms with Crippen molar-refractivity contribution in [3.8, 4) is 22.5 Å². The lowest BCUT2D eigenvalue weighted by Gasteiger charge is -2.38. The largest absolute Gasteiger partial charge is 0.445 e. The number of para-hydroxylation sites is 2. The summed E-state index contributed by atoms with van der Waals surface area (Å²) in [5.74, 6) is 1.30. The first kappa shape index (κ1) is 42.4. The molecule has 0 spiro atoms. The van der Waals surface area contributed by atoms with Crippen LogP contribution in [0.2, 0.25) is 0 Å². The summed E-state index contributed by atoms with van der Waals surface area (Å²) in [6.07, 6.45) is 15.4. The third-order valence-electron chi connectivity index (χ3n) is 12.6. The van der Waals surface area contributed by atoms with E-state index in [2.05, 4.69) is 107 Å². The maximum absolute atomic E-state index is 12.5. The van der Waals surface area contributed by atoms with E-state index in [4.69, 9.17) is 20.4 Å². The average Bonchev–Trinajstić information content (AvgIpc) is 3.88. The molecule has 0 bridgehead atoms. The molecule has 7 N–H and O–H groups in total. The van der Waals surface area contributed by atoms with Crippen LogP contribution in [0.5, 0.6) is 0 Å². The Morgan fingerprint density at radius 3 is 1.79 bits per heavy atom. The van der Waals surface area contributed by atoms with Gasteiger partial charge >= 0.3 is 6.09 Å². The number of nitrogens with two attached hydrogens (primary N) is 1. The van der Waals surface area contributed by atoms with E-state index in [1.54, 1.807) is 0 Å². The van der Waals surface area contributed by atoms with Crippen LogP contribution in [0.4, 0.5) is 16.7 Å². The number of carbonyl (C=O) groups is 1. The summed E-state index contributed by atoms with van der Waals surface area (Å²) in [7, 11) is 0. The Hall–Kier alpha value is -6.27. The standard InChI is InChI=1S/C29H33N5O2.C21H27N5/c1-19-9-7-13-23-24(17-30-25(19)23)26-20(2)16-31-27(33-26)32-22-12-8-14-29(3,15-22)34-28(35)36-18-21-10-5-4-6-11-21;1-13-6-4-8-16-17(12-23-18(13)16)19-14(2)11-24-20(26-19)25-15-7-5-9-21(3,22)10-15/h4-7,9-11,13,16-17,22,30H,8,12,14-15,18H2,1-3H3,(H,34,35)(H,31,32,33);4,6,8,11-12,15,23H,5,7,9-10,22H2,1-3H3,(H,24,25,26)/t22-,29+;15-,21+/m11/s1. The van der Waals surface area contributed by atoms with Gasteiger partial charge in [-0.2, -0.15) is 0 Å². The van der Waals surface area contributed by atoms with Gasteiger partial charge in [0.2, 0.25) is 11.9 Å². The number of carbonyl (C=O) groups excluding carboxylic acids is 1. The smallest absolute Gasteiger partial charge is 0.407 e. The number of hydrogen-bond donors (Lipinski definition) is 6. The number of benzene rings is 3. The molecule has 12 nitrogen and oxygen atoms in total. The zero-order valence-electron chi connectivity index (χ0n) is 36.9. The molecule has 3 aromatic carbocycles. The number of hydrogen-bond acceptors (Lipinski definition) is 9. The van der Waals surface area contributed by atoms with Crippen molar-refractivity contribution in [3.05, 3.63) is 119 Å². The van der Waals surface area contributed by atoms with Gasteiger partial charge in [-0.05, 0) is 121 Å². The lowest BCUT2D eigenvalue weighted by Crippen LogP contribution is -2.51. The summed E-state index contributed by atoms with van der Waals surface area (Å²) >= 11 is 0. The van der Waals surface area contributed by atoms with Gasteiger partial charge in [-0.3, -0.25) is 0 Å². The first-order valence-electron chi connectivity index (χ1n) is 22.0. The number of nitrogens with zero attached hydrogens (tertiary/aromatic N) is 4. The second-order valence-electron chi connectivity index (χ2n) is 18.1. The van der Waals surface area contributed by atoms with E-state index < -0.39 is 0 Å². The summed E-state index contributed by atoms with van der Waals surface area (Å²) in [4.78, 5) is 38.2. The number of anilines is 2. The van der Waals surface area contributed by atoms with Crippen LogP contribution in [0.25, 0.3) is 44.3 Å². The molecule has 4 atom stereocenters. The van der Waals surface area contributed by atoms with E-state index in [-0.39, 0.29) is 29.8 Å². The van der Waals surface area contributed by atoms with E-state index in [0.29, 0.717) is 17.9 Å². The van der Waals surface area contributed by atoms with Gasteiger partial charge in [0.1, 0.15) is 6.61 Å². The van der Waals surface area contributed by atoms with Gasteiger partial charge in [-0.15, -0.1) is 0 Å². The maximum atomic E-state index is 12.5. The highest BCUT2D eigenvalue weighted by atomic mass is 16.5. The molecular weight excluding hydrogens is 773 g/mol. The predicted octanol–water partition coefficient (Wildman–Crippen LogP) is 10.6. The van der Waals surface area contributed by atoms with Crippen molar-refractivity contribution in [1.82, 2.24) is 35.2 Å². The van der Waals surface area contributed by atoms with Crippen LogP contribution in [0, 0.1) is 27.7 Å². The topological polar surface area (TPSA) is 172 Å². The molecule has 62 heavy (non-hydrogen) atoms. The molecule has 12 heteroatoms. The second kappa shape index (κ2) is 18.0. The average molecular weight is 833 g/mol. The van der Waals surface area contributed by atoms with Crippen LogP contribution >= 0.6 is 0 Å². The molecule has 9 rings (SSSR count). The van der Waals surface area contributed by atoms with E-state index in [9.17, 15) is 4.79 Å². The number of alkyl carbamates (subject to hydrolysis) is 1.